The molecule has 1 atom stereocenters. The standard InChI is InChI=1S/C23H21FN2O6S2/c1-3-16(22(29)30)32-17-10-5-13(11-18(17)31-4-2)12-19-21(28)26(23(33)34-19)25-20(27)14-6-8-15(24)9-7-14/h5-12,16H,3-4H2,1-2H3,(H,25,27)(H,29,30)/b19-12+. The molecule has 34 heavy (non-hydrogen) atoms. The average Bonchev–Trinajstić information content (AvgIpc) is 3.06. The van der Waals surface area contributed by atoms with Crippen LogP contribution < -0.4 is 14.9 Å². The molecule has 0 spiro atoms. The minimum atomic E-state index is -1.08. The van der Waals surface area contributed by atoms with Gasteiger partial charge in [-0.25, -0.2) is 9.18 Å². The van der Waals surface area contributed by atoms with Gasteiger partial charge in [0.15, 0.2) is 21.9 Å². The molecule has 2 N–H and O–H groups in total. The number of amides is 2. The van der Waals surface area contributed by atoms with Gasteiger partial charge >= 0.3 is 5.97 Å². The first kappa shape index (κ1) is 25.2. The zero-order chi connectivity index (χ0) is 24.8. The molecule has 178 valence electrons. The number of halogens is 1. The Balaban J connectivity index is 1.79. The van der Waals surface area contributed by atoms with Gasteiger partial charge in [-0.2, -0.15) is 5.01 Å². The largest absolute Gasteiger partial charge is 0.490 e. The molecule has 2 amide bonds. The van der Waals surface area contributed by atoms with E-state index >= 15 is 0 Å². The molecule has 0 radical (unpaired) electrons. The fourth-order valence-electron chi connectivity index (χ4n) is 2.92. The Bertz CT molecular complexity index is 1150. The maximum Gasteiger partial charge on any atom is 0.344 e. The predicted molar refractivity (Wildman–Crippen MR) is 129 cm³/mol. The van der Waals surface area contributed by atoms with E-state index in [-0.39, 0.29) is 27.0 Å². The molecule has 1 heterocycles. The van der Waals surface area contributed by atoms with Gasteiger partial charge in [0.05, 0.1) is 11.5 Å². The molecule has 1 aliphatic rings. The molecule has 1 aliphatic heterocycles. The van der Waals surface area contributed by atoms with Gasteiger partial charge in [0, 0.05) is 5.56 Å². The number of ether oxygens (including phenoxy) is 2. The van der Waals surface area contributed by atoms with Crippen LogP contribution in [-0.2, 0) is 9.59 Å². The van der Waals surface area contributed by atoms with Crippen LogP contribution in [0.2, 0.25) is 0 Å². The molecule has 0 saturated carbocycles. The summed E-state index contributed by atoms with van der Waals surface area (Å²) < 4.78 is 24.4. The van der Waals surface area contributed by atoms with Crippen LogP contribution in [0.25, 0.3) is 6.08 Å². The number of aliphatic carboxylic acids is 1. The van der Waals surface area contributed by atoms with Crippen molar-refractivity contribution >= 4 is 52.2 Å². The number of carbonyl (C=O) groups excluding carboxylic acids is 2. The van der Waals surface area contributed by atoms with Crippen LogP contribution in [0.3, 0.4) is 0 Å². The number of rotatable bonds is 9. The summed E-state index contributed by atoms with van der Waals surface area (Å²) in [5, 5.41) is 10.2. The lowest BCUT2D eigenvalue weighted by molar-refractivity contribution is -0.145. The number of hydrogen-bond donors (Lipinski definition) is 2. The van der Waals surface area contributed by atoms with Crippen molar-refractivity contribution in [2.45, 2.75) is 26.4 Å². The first-order valence-electron chi connectivity index (χ1n) is 10.2. The lowest BCUT2D eigenvalue weighted by Gasteiger charge is -2.17. The number of thiocarbonyl (C=S) groups is 1. The molecule has 1 unspecified atom stereocenters. The van der Waals surface area contributed by atoms with Gasteiger partial charge in [-0.3, -0.25) is 15.0 Å². The van der Waals surface area contributed by atoms with Crippen LogP contribution >= 0.6 is 24.0 Å². The summed E-state index contributed by atoms with van der Waals surface area (Å²) in [4.78, 5) is 36.8. The summed E-state index contributed by atoms with van der Waals surface area (Å²) >= 11 is 6.23. The van der Waals surface area contributed by atoms with E-state index in [0.29, 0.717) is 17.9 Å². The molecule has 3 rings (SSSR count). The highest BCUT2D eigenvalue weighted by Crippen LogP contribution is 2.34. The van der Waals surface area contributed by atoms with E-state index in [4.69, 9.17) is 21.7 Å². The Morgan fingerprint density at radius 1 is 1.21 bits per heavy atom. The molecule has 1 fully saturated rings. The van der Waals surface area contributed by atoms with Gasteiger partial charge in [-0.15, -0.1) is 0 Å². The summed E-state index contributed by atoms with van der Waals surface area (Å²) in [7, 11) is 0. The Morgan fingerprint density at radius 2 is 1.91 bits per heavy atom. The number of hydrogen-bond acceptors (Lipinski definition) is 7. The number of nitrogens with zero attached hydrogens (tertiary/aromatic N) is 1. The van der Waals surface area contributed by atoms with Crippen molar-refractivity contribution in [2.24, 2.45) is 0 Å². The molecule has 0 bridgehead atoms. The monoisotopic (exact) mass is 504 g/mol. The van der Waals surface area contributed by atoms with E-state index in [9.17, 15) is 23.9 Å². The Labute approximate surface area is 204 Å². The van der Waals surface area contributed by atoms with E-state index < -0.39 is 29.7 Å². The zero-order valence-corrected chi connectivity index (χ0v) is 19.9. The molecule has 11 heteroatoms. The highest BCUT2D eigenvalue weighted by molar-refractivity contribution is 8.26. The second kappa shape index (κ2) is 11.1. The topological polar surface area (TPSA) is 105 Å². The zero-order valence-electron chi connectivity index (χ0n) is 18.2. The van der Waals surface area contributed by atoms with Gasteiger partial charge in [-0.05, 0) is 73.6 Å². The van der Waals surface area contributed by atoms with Crippen LogP contribution in [0.5, 0.6) is 11.5 Å². The predicted octanol–water partition coefficient (Wildman–Crippen LogP) is 4.01. The van der Waals surface area contributed by atoms with Gasteiger partial charge in [0.25, 0.3) is 11.8 Å². The van der Waals surface area contributed by atoms with Gasteiger partial charge in [0.1, 0.15) is 5.82 Å². The highest BCUT2D eigenvalue weighted by Gasteiger charge is 2.34. The van der Waals surface area contributed by atoms with Crippen LogP contribution in [0, 0.1) is 5.82 Å². The second-order valence-electron chi connectivity index (χ2n) is 6.96. The fraction of sp³-hybridized carbons (Fsp3) is 0.217. The third-order valence-corrected chi connectivity index (χ3v) is 5.90. The Hall–Kier alpha value is -3.44. The first-order valence-corrected chi connectivity index (χ1v) is 11.5. The smallest absolute Gasteiger partial charge is 0.344 e. The molecule has 8 nitrogen and oxygen atoms in total. The summed E-state index contributed by atoms with van der Waals surface area (Å²) in [6.07, 6.45) is 0.824. The van der Waals surface area contributed by atoms with Crippen LogP contribution in [0.15, 0.2) is 47.4 Å². The summed E-state index contributed by atoms with van der Waals surface area (Å²) in [5.41, 5.74) is 3.19. The Morgan fingerprint density at radius 3 is 2.53 bits per heavy atom. The van der Waals surface area contributed by atoms with E-state index in [1.165, 1.54) is 12.1 Å². The molecule has 0 aromatic heterocycles. The number of thioether (sulfide) groups is 1. The molecule has 0 aliphatic carbocycles. The number of benzene rings is 2. The van der Waals surface area contributed by atoms with Crippen molar-refractivity contribution in [3.05, 3.63) is 64.3 Å². The van der Waals surface area contributed by atoms with E-state index in [1.54, 1.807) is 38.1 Å². The van der Waals surface area contributed by atoms with Gasteiger partial charge in [0.2, 0.25) is 0 Å². The maximum absolute atomic E-state index is 13.1. The SMILES string of the molecule is CCOc1cc(/C=C2/SC(=S)N(NC(=O)c3ccc(F)cc3)C2=O)ccc1OC(CC)C(=O)O. The molecular weight excluding hydrogens is 483 g/mol. The first-order chi connectivity index (χ1) is 16.2. The molecule has 1 saturated heterocycles. The minimum absolute atomic E-state index is 0.129. The van der Waals surface area contributed by atoms with Crippen LogP contribution in [0.1, 0.15) is 36.2 Å². The molecule has 2 aromatic rings. The summed E-state index contributed by atoms with van der Waals surface area (Å²) in [6.45, 7) is 3.80. The normalized spacial score (nSPS) is 15.4. The second-order valence-corrected chi connectivity index (χ2v) is 8.63. The lowest BCUT2D eigenvalue weighted by atomic mass is 10.1. The average molecular weight is 505 g/mol. The molecular formula is C23H21FN2O6S2. The van der Waals surface area contributed by atoms with Gasteiger partial charge < -0.3 is 14.6 Å². The van der Waals surface area contributed by atoms with E-state index in [0.717, 1.165) is 28.9 Å². The van der Waals surface area contributed by atoms with Crippen molar-refractivity contribution < 1.29 is 33.4 Å². The van der Waals surface area contributed by atoms with Crippen molar-refractivity contribution in [1.82, 2.24) is 10.4 Å². The van der Waals surface area contributed by atoms with Crippen molar-refractivity contribution in [1.29, 1.82) is 0 Å². The lowest BCUT2D eigenvalue weighted by Crippen LogP contribution is -2.44. The van der Waals surface area contributed by atoms with Crippen LogP contribution in [0.4, 0.5) is 4.39 Å². The van der Waals surface area contributed by atoms with E-state index in [1.807, 2.05) is 0 Å². The summed E-state index contributed by atoms with van der Waals surface area (Å²) in [5.74, 6) is -2.10. The van der Waals surface area contributed by atoms with Crippen LogP contribution in [-0.4, -0.2) is 44.9 Å². The third-order valence-electron chi connectivity index (χ3n) is 4.59. The number of nitrogens with one attached hydrogen (secondary N) is 1. The minimum Gasteiger partial charge on any atom is -0.490 e. The fourth-order valence-corrected chi connectivity index (χ4v) is 4.10. The van der Waals surface area contributed by atoms with Crippen molar-refractivity contribution in [3.8, 4) is 11.5 Å². The van der Waals surface area contributed by atoms with Crippen molar-refractivity contribution in [3.63, 3.8) is 0 Å². The Kier molecular flexibility index (Phi) is 8.24. The van der Waals surface area contributed by atoms with Gasteiger partial charge in [-0.1, -0.05) is 24.8 Å². The maximum atomic E-state index is 13.1. The number of hydrazine groups is 1. The number of carbonyl (C=O) groups is 3. The summed E-state index contributed by atoms with van der Waals surface area (Å²) in [6, 6.07) is 9.71. The van der Waals surface area contributed by atoms with E-state index in [2.05, 4.69) is 5.43 Å². The highest BCUT2D eigenvalue weighted by atomic mass is 32.2. The van der Waals surface area contributed by atoms with Crippen molar-refractivity contribution in [2.75, 3.05) is 6.61 Å². The number of carboxylic acid groups (broad SMARTS) is 1. The third kappa shape index (κ3) is 5.91. The molecule has 2 aromatic carbocycles. The quantitative estimate of drug-likeness (QED) is 0.390. The number of carboxylic acids is 1.